The lowest BCUT2D eigenvalue weighted by Gasteiger charge is -2.20. The third-order valence-electron chi connectivity index (χ3n) is 3.14. The molecule has 0 aromatic heterocycles. The minimum Gasteiger partial charge on any atom is -0.480 e. The van der Waals surface area contributed by atoms with E-state index in [1.807, 2.05) is 32.0 Å². The van der Waals surface area contributed by atoms with Gasteiger partial charge in [0.15, 0.2) is 0 Å². The van der Waals surface area contributed by atoms with Crippen molar-refractivity contribution < 1.29 is 14.7 Å². The number of hydrogen-bond donors (Lipinski definition) is 3. The summed E-state index contributed by atoms with van der Waals surface area (Å²) < 4.78 is 0.744. The standard InChI is InChI=1S/C14H19BrN2O3/c1-4-9(3)12(13(18)19)17-14(20)16-11-7-8(2)5-6-10(11)15/h5-7,9,12H,4H2,1-3H3,(H,18,19)(H2,16,17,20)/t9?,12-/m0/s1. The van der Waals surface area contributed by atoms with Crippen LogP contribution in [-0.4, -0.2) is 23.1 Å². The van der Waals surface area contributed by atoms with Crippen LogP contribution in [0.25, 0.3) is 0 Å². The molecule has 5 nitrogen and oxygen atoms in total. The quantitative estimate of drug-likeness (QED) is 0.767. The van der Waals surface area contributed by atoms with E-state index >= 15 is 0 Å². The summed E-state index contributed by atoms with van der Waals surface area (Å²) in [5, 5.41) is 14.3. The molecule has 0 radical (unpaired) electrons. The van der Waals surface area contributed by atoms with Crippen LogP contribution in [-0.2, 0) is 4.79 Å². The minimum absolute atomic E-state index is 0.140. The van der Waals surface area contributed by atoms with Crippen LogP contribution in [0, 0.1) is 12.8 Å². The Morgan fingerprint density at radius 1 is 1.40 bits per heavy atom. The van der Waals surface area contributed by atoms with E-state index in [0.29, 0.717) is 12.1 Å². The van der Waals surface area contributed by atoms with Gasteiger partial charge in [-0.2, -0.15) is 0 Å². The lowest BCUT2D eigenvalue weighted by Crippen LogP contribution is -2.46. The van der Waals surface area contributed by atoms with Gasteiger partial charge < -0.3 is 15.7 Å². The zero-order valence-corrected chi connectivity index (χ0v) is 13.3. The van der Waals surface area contributed by atoms with Gasteiger partial charge in [0.05, 0.1) is 5.69 Å². The van der Waals surface area contributed by atoms with Crippen LogP contribution >= 0.6 is 15.9 Å². The number of carboxylic acid groups (broad SMARTS) is 1. The van der Waals surface area contributed by atoms with Crippen molar-refractivity contribution in [3.05, 3.63) is 28.2 Å². The minimum atomic E-state index is -1.03. The van der Waals surface area contributed by atoms with E-state index in [4.69, 9.17) is 5.11 Å². The van der Waals surface area contributed by atoms with Gasteiger partial charge in [-0.05, 0) is 46.5 Å². The Bertz CT molecular complexity index is 505. The summed E-state index contributed by atoms with van der Waals surface area (Å²) in [5.41, 5.74) is 1.61. The van der Waals surface area contributed by atoms with Crippen LogP contribution in [0.5, 0.6) is 0 Å². The van der Waals surface area contributed by atoms with E-state index in [2.05, 4.69) is 26.6 Å². The highest BCUT2D eigenvalue weighted by Gasteiger charge is 2.25. The van der Waals surface area contributed by atoms with E-state index in [0.717, 1.165) is 10.0 Å². The monoisotopic (exact) mass is 342 g/mol. The van der Waals surface area contributed by atoms with Crippen molar-refractivity contribution in [1.82, 2.24) is 5.32 Å². The number of anilines is 1. The number of aryl methyl sites for hydroxylation is 1. The van der Waals surface area contributed by atoms with E-state index in [9.17, 15) is 9.59 Å². The topological polar surface area (TPSA) is 78.4 Å². The van der Waals surface area contributed by atoms with Gasteiger partial charge in [0, 0.05) is 4.47 Å². The highest BCUT2D eigenvalue weighted by Crippen LogP contribution is 2.23. The largest absolute Gasteiger partial charge is 0.480 e. The summed E-state index contributed by atoms with van der Waals surface area (Å²) in [6.45, 7) is 5.59. The molecular weight excluding hydrogens is 324 g/mol. The number of aliphatic carboxylic acids is 1. The van der Waals surface area contributed by atoms with E-state index < -0.39 is 18.0 Å². The van der Waals surface area contributed by atoms with Crippen LogP contribution in [0.3, 0.4) is 0 Å². The Labute approximate surface area is 126 Å². The molecule has 6 heteroatoms. The van der Waals surface area contributed by atoms with Gasteiger partial charge in [-0.25, -0.2) is 9.59 Å². The van der Waals surface area contributed by atoms with Crippen LogP contribution in [0.2, 0.25) is 0 Å². The average Bonchev–Trinajstić information content (AvgIpc) is 2.39. The Kier molecular flexibility index (Phi) is 6.01. The SMILES string of the molecule is CCC(C)[C@H](NC(=O)Nc1cc(C)ccc1Br)C(=O)O. The molecule has 0 heterocycles. The molecule has 0 bridgehead atoms. The molecule has 0 saturated heterocycles. The number of rotatable bonds is 5. The van der Waals surface area contributed by atoms with Crippen molar-refractivity contribution in [3.63, 3.8) is 0 Å². The molecule has 1 aromatic carbocycles. The number of amides is 2. The van der Waals surface area contributed by atoms with Crippen LogP contribution in [0.15, 0.2) is 22.7 Å². The van der Waals surface area contributed by atoms with Crippen molar-refractivity contribution in [2.75, 3.05) is 5.32 Å². The summed E-state index contributed by atoms with van der Waals surface area (Å²) in [5.74, 6) is -1.17. The predicted molar refractivity (Wildman–Crippen MR) is 81.9 cm³/mol. The first-order valence-electron chi connectivity index (χ1n) is 6.41. The lowest BCUT2D eigenvalue weighted by atomic mass is 9.99. The summed E-state index contributed by atoms with van der Waals surface area (Å²) in [7, 11) is 0. The Morgan fingerprint density at radius 3 is 2.60 bits per heavy atom. The van der Waals surface area contributed by atoms with Gasteiger partial charge in [-0.15, -0.1) is 0 Å². The molecule has 0 aliphatic rings. The van der Waals surface area contributed by atoms with Gasteiger partial charge in [-0.3, -0.25) is 0 Å². The Morgan fingerprint density at radius 2 is 2.05 bits per heavy atom. The maximum atomic E-state index is 11.9. The second kappa shape index (κ2) is 7.28. The number of carbonyl (C=O) groups excluding carboxylic acids is 1. The highest BCUT2D eigenvalue weighted by molar-refractivity contribution is 9.10. The number of carbonyl (C=O) groups is 2. The Balaban J connectivity index is 2.75. The van der Waals surface area contributed by atoms with Crippen molar-refractivity contribution >= 4 is 33.6 Å². The zero-order chi connectivity index (χ0) is 15.3. The van der Waals surface area contributed by atoms with Gasteiger partial charge in [0.1, 0.15) is 6.04 Å². The van der Waals surface area contributed by atoms with Crippen LogP contribution < -0.4 is 10.6 Å². The molecule has 2 amide bonds. The van der Waals surface area contributed by atoms with Gasteiger partial charge >= 0.3 is 12.0 Å². The smallest absolute Gasteiger partial charge is 0.326 e. The molecule has 0 aliphatic heterocycles. The third-order valence-corrected chi connectivity index (χ3v) is 3.83. The predicted octanol–water partition coefficient (Wildman–Crippen LogP) is 3.38. The fourth-order valence-electron chi connectivity index (χ4n) is 1.72. The van der Waals surface area contributed by atoms with Crippen LogP contribution in [0.4, 0.5) is 10.5 Å². The summed E-state index contributed by atoms with van der Waals surface area (Å²) >= 11 is 3.34. The molecule has 1 unspecified atom stereocenters. The second-order valence-corrected chi connectivity index (χ2v) is 5.64. The lowest BCUT2D eigenvalue weighted by molar-refractivity contribution is -0.140. The summed E-state index contributed by atoms with van der Waals surface area (Å²) in [6, 6.07) is 4.12. The first-order chi connectivity index (χ1) is 9.35. The molecule has 20 heavy (non-hydrogen) atoms. The fraction of sp³-hybridized carbons (Fsp3) is 0.429. The van der Waals surface area contributed by atoms with Crippen LogP contribution in [0.1, 0.15) is 25.8 Å². The number of carboxylic acids is 1. The zero-order valence-electron chi connectivity index (χ0n) is 11.7. The fourth-order valence-corrected chi connectivity index (χ4v) is 2.06. The van der Waals surface area contributed by atoms with E-state index in [1.165, 1.54) is 0 Å². The number of hydrogen-bond acceptors (Lipinski definition) is 2. The summed E-state index contributed by atoms with van der Waals surface area (Å²) in [6.07, 6.45) is 0.672. The molecule has 0 fully saturated rings. The normalized spacial score (nSPS) is 13.4. The average molecular weight is 343 g/mol. The molecular formula is C14H19BrN2O3. The van der Waals surface area contributed by atoms with Crippen molar-refractivity contribution in [1.29, 1.82) is 0 Å². The van der Waals surface area contributed by atoms with Crippen molar-refractivity contribution in [3.8, 4) is 0 Å². The highest BCUT2D eigenvalue weighted by atomic mass is 79.9. The molecule has 0 aliphatic carbocycles. The molecule has 1 aromatic rings. The first kappa shape index (κ1) is 16.5. The number of urea groups is 1. The first-order valence-corrected chi connectivity index (χ1v) is 7.21. The molecule has 3 N–H and O–H groups in total. The second-order valence-electron chi connectivity index (χ2n) is 4.78. The maximum absolute atomic E-state index is 11.9. The summed E-state index contributed by atoms with van der Waals surface area (Å²) in [4.78, 5) is 23.1. The van der Waals surface area contributed by atoms with Crippen molar-refractivity contribution in [2.45, 2.75) is 33.2 Å². The molecule has 110 valence electrons. The van der Waals surface area contributed by atoms with E-state index in [-0.39, 0.29) is 5.92 Å². The molecule has 1 rings (SSSR count). The maximum Gasteiger partial charge on any atom is 0.326 e. The van der Waals surface area contributed by atoms with Gasteiger partial charge in [0.25, 0.3) is 0 Å². The number of benzene rings is 1. The molecule has 2 atom stereocenters. The van der Waals surface area contributed by atoms with Gasteiger partial charge in [-0.1, -0.05) is 26.3 Å². The third kappa shape index (κ3) is 4.52. The number of nitrogens with one attached hydrogen (secondary N) is 2. The molecule has 0 saturated carbocycles. The molecule has 0 spiro atoms. The van der Waals surface area contributed by atoms with Crippen molar-refractivity contribution in [2.24, 2.45) is 5.92 Å². The van der Waals surface area contributed by atoms with E-state index in [1.54, 1.807) is 6.92 Å². The Hall–Kier alpha value is -1.56. The number of halogens is 1. The van der Waals surface area contributed by atoms with Gasteiger partial charge in [0.2, 0.25) is 0 Å².